The van der Waals surface area contributed by atoms with Gasteiger partial charge in [0, 0.05) is 59.9 Å². The van der Waals surface area contributed by atoms with Gasteiger partial charge in [-0.1, -0.05) is 6.07 Å². The molecule has 0 bridgehead atoms. The molecule has 0 aliphatic heterocycles. The van der Waals surface area contributed by atoms with E-state index >= 15 is 0 Å². The summed E-state index contributed by atoms with van der Waals surface area (Å²) in [7, 11) is 0. The molecule has 152 valence electrons. The van der Waals surface area contributed by atoms with Crippen LogP contribution < -0.4 is 10.1 Å². The molecule has 30 heavy (non-hydrogen) atoms. The molecule has 1 atom stereocenters. The van der Waals surface area contributed by atoms with Gasteiger partial charge in [-0.15, -0.1) is 11.3 Å². The van der Waals surface area contributed by atoms with E-state index in [0.29, 0.717) is 19.7 Å². The molecule has 6 nitrogen and oxygen atoms in total. The smallest absolute Gasteiger partial charge is 0.124 e. The predicted molar refractivity (Wildman–Crippen MR) is 118 cm³/mol. The SMILES string of the molecule is O[C@@H](CNCCOc1ccc(-c2csc(-c3ccncc3)n2)cc1)c1cccnc1. The third-order valence-corrected chi connectivity index (χ3v) is 5.43. The number of aromatic nitrogens is 3. The fourth-order valence-electron chi connectivity index (χ4n) is 2.93. The molecule has 0 spiro atoms. The van der Waals surface area contributed by atoms with Crippen molar-refractivity contribution >= 4 is 11.3 Å². The summed E-state index contributed by atoms with van der Waals surface area (Å²) in [4.78, 5) is 12.8. The number of benzene rings is 1. The largest absolute Gasteiger partial charge is 0.492 e. The molecule has 0 saturated heterocycles. The number of nitrogens with one attached hydrogen (secondary N) is 1. The molecule has 0 aliphatic rings. The molecule has 0 saturated carbocycles. The van der Waals surface area contributed by atoms with Gasteiger partial charge in [-0.2, -0.15) is 0 Å². The number of rotatable bonds is 9. The van der Waals surface area contributed by atoms with Crippen molar-refractivity contribution in [2.45, 2.75) is 6.10 Å². The second-order valence-corrected chi connectivity index (χ2v) is 7.51. The lowest BCUT2D eigenvalue weighted by atomic mass is 10.1. The summed E-state index contributed by atoms with van der Waals surface area (Å²) >= 11 is 1.62. The Labute approximate surface area is 179 Å². The number of pyridine rings is 2. The van der Waals surface area contributed by atoms with Gasteiger partial charge < -0.3 is 15.2 Å². The Morgan fingerprint density at radius 2 is 1.80 bits per heavy atom. The first-order valence-corrected chi connectivity index (χ1v) is 10.6. The van der Waals surface area contributed by atoms with Gasteiger partial charge in [-0.3, -0.25) is 9.97 Å². The summed E-state index contributed by atoms with van der Waals surface area (Å²) in [6.07, 6.45) is 6.34. The first-order valence-electron chi connectivity index (χ1n) is 9.67. The van der Waals surface area contributed by atoms with Gasteiger partial charge in [0.1, 0.15) is 17.4 Å². The number of aliphatic hydroxyl groups is 1. The van der Waals surface area contributed by atoms with Crippen LogP contribution >= 0.6 is 11.3 Å². The molecular formula is C23H22N4O2S. The zero-order chi connectivity index (χ0) is 20.6. The number of nitrogens with zero attached hydrogens (tertiary/aromatic N) is 3. The Kier molecular flexibility index (Phi) is 6.76. The lowest BCUT2D eigenvalue weighted by Gasteiger charge is -2.12. The third kappa shape index (κ3) is 5.27. The summed E-state index contributed by atoms with van der Waals surface area (Å²) in [5, 5.41) is 16.3. The fourth-order valence-corrected chi connectivity index (χ4v) is 3.76. The molecule has 0 radical (unpaired) electrons. The van der Waals surface area contributed by atoms with Crippen molar-refractivity contribution in [2.75, 3.05) is 19.7 Å². The van der Waals surface area contributed by atoms with Crippen molar-refractivity contribution in [3.63, 3.8) is 0 Å². The Morgan fingerprint density at radius 3 is 2.57 bits per heavy atom. The Balaban J connectivity index is 1.24. The average molecular weight is 419 g/mol. The number of hydrogen-bond acceptors (Lipinski definition) is 7. The summed E-state index contributed by atoms with van der Waals surface area (Å²) in [5.74, 6) is 0.804. The lowest BCUT2D eigenvalue weighted by Crippen LogP contribution is -2.26. The van der Waals surface area contributed by atoms with Gasteiger partial charge >= 0.3 is 0 Å². The van der Waals surface area contributed by atoms with Crippen LogP contribution in [0.25, 0.3) is 21.8 Å². The van der Waals surface area contributed by atoms with Crippen molar-refractivity contribution in [2.24, 2.45) is 0 Å². The van der Waals surface area contributed by atoms with Gasteiger partial charge in [-0.25, -0.2) is 4.98 Å². The standard InChI is InChI=1S/C23H22N4O2S/c28-22(19-2-1-9-25-14-19)15-26-12-13-29-20-5-3-17(4-6-20)21-16-30-23(27-21)18-7-10-24-11-8-18/h1-11,14,16,22,26,28H,12-13,15H2/t22-/m0/s1. The van der Waals surface area contributed by atoms with Crippen molar-refractivity contribution in [1.29, 1.82) is 0 Å². The van der Waals surface area contributed by atoms with Crippen molar-refractivity contribution in [3.8, 4) is 27.6 Å². The van der Waals surface area contributed by atoms with Gasteiger partial charge in [-0.05, 0) is 42.5 Å². The topological polar surface area (TPSA) is 80.2 Å². The van der Waals surface area contributed by atoms with Gasteiger partial charge in [0.05, 0.1) is 11.8 Å². The molecule has 0 amide bonds. The molecule has 1 aromatic carbocycles. The minimum atomic E-state index is -0.576. The highest BCUT2D eigenvalue weighted by Gasteiger charge is 2.08. The Bertz CT molecular complexity index is 1040. The summed E-state index contributed by atoms with van der Waals surface area (Å²) in [6.45, 7) is 1.61. The lowest BCUT2D eigenvalue weighted by molar-refractivity contribution is 0.171. The zero-order valence-electron chi connectivity index (χ0n) is 16.3. The van der Waals surface area contributed by atoms with E-state index in [0.717, 1.165) is 33.1 Å². The van der Waals surface area contributed by atoms with Crippen molar-refractivity contribution < 1.29 is 9.84 Å². The number of hydrogen-bond donors (Lipinski definition) is 2. The molecule has 0 fully saturated rings. The third-order valence-electron chi connectivity index (χ3n) is 4.54. The molecular weight excluding hydrogens is 396 g/mol. The number of ether oxygens (including phenoxy) is 1. The second kappa shape index (κ2) is 10.1. The summed E-state index contributed by atoms with van der Waals surface area (Å²) in [5.41, 5.74) is 3.87. The van der Waals surface area contributed by atoms with Crippen LogP contribution in [-0.4, -0.2) is 39.8 Å². The molecule has 2 N–H and O–H groups in total. The van der Waals surface area contributed by atoms with Crippen LogP contribution in [0.4, 0.5) is 0 Å². The van der Waals surface area contributed by atoms with Crippen LogP contribution in [0.5, 0.6) is 5.75 Å². The van der Waals surface area contributed by atoms with Gasteiger partial charge in [0.15, 0.2) is 0 Å². The highest BCUT2D eigenvalue weighted by Crippen LogP contribution is 2.29. The molecule has 0 aliphatic carbocycles. The van der Waals surface area contributed by atoms with E-state index < -0.39 is 6.10 Å². The van der Waals surface area contributed by atoms with Gasteiger partial charge in [0.25, 0.3) is 0 Å². The van der Waals surface area contributed by atoms with Crippen molar-refractivity contribution in [1.82, 2.24) is 20.3 Å². The minimum absolute atomic E-state index is 0.456. The first kappa shape index (κ1) is 20.2. The normalized spacial score (nSPS) is 11.9. The highest BCUT2D eigenvalue weighted by molar-refractivity contribution is 7.13. The highest BCUT2D eigenvalue weighted by atomic mass is 32.1. The number of aliphatic hydroxyl groups excluding tert-OH is 1. The van der Waals surface area contributed by atoms with Crippen molar-refractivity contribution in [3.05, 3.63) is 84.3 Å². The molecule has 4 aromatic rings. The van der Waals surface area contributed by atoms with Crippen LogP contribution in [0, 0.1) is 0 Å². The fraction of sp³-hybridized carbons (Fsp3) is 0.174. The van der Waals surface area contributed by atoms with E-state index in [2.05, 4.69) is 20.7 Å². The monoisotopic (exact) mass is 418 g/mol. The van der Waals surface area contributed by atoms with Crippen LogP contribution in [-0.2, 0) is 0 Å². The van der Waals surface area contributed by atoms with E-state index in [9.17, 15) is 5.11 Å². The molecule has 4 rings (SSSR count). The maximum absolute atomic E-state index is 10.1. The first-order chi connectivity index (χ1) is 14.8. The second-order valence-electron chi connectivity index (χ2n) is 6.65. The molecule has 7 heteroatoms. The number of thiazole rings is 1. The summed E-state index contributed by atoms with van der Waals surface area (Å²) in [6, 6.07) is 15.5. The molecule has 0 unspecified atom stereocenters. The van der Waals surface area contributed by atoms with E-state index in [4.69, 9.17) is 9.72 Å². The van der Waals surface area contributed by atoms with E-state index in [1.807, 2.05) is 48.5 Å². The Morgan fingerprint density at radius 1 is 0.967 bits per heavy atom. The Hall–Kier alpha value is -3.13. The summed E-state index contributed by atoms with van der Waals surface area (Å²) < 4.78 is 5.78. The molecule has 3 heterocycles. The zero-order valence-corrected chi connectivity index (χ0v) is 17.1. The van der Waals surface area contributed by atoms with E-state index in [-0.39, 0.29) is 0 Å². The van der Waals surface area contributed by atoms with Gasteiger partial charge in [0.2, 0.25) is 0 Å². The van der Waals surface area contributed by atoms with Crippen LogP contribution in [0.2, 0.25) is 0 Å². The van der Waals surface area contributed by atoms with Crippen LogP contribution in [0.1, 0.15) is 11.7 Å². The van der Waals surface area contributed by atoms with Crippen LogP contribution in [0.3, 0.4) is 0 Å². The van der Waals surface area contributed by atoms with Crippen LogP contribution in [0.15, 0.2) is 78.7 Å². The maximum Gasteiger partial charge on any atom is 0.124 e. The average Bonchev–Trinajstić information content (AvgIpc) is 3.31. The predicted octanol–water partition coefficient (Wildman–Crippen LogP) is 3.97. The minimum Gasteiger partial charge on any atom is -0.492 e. The van der Waals surface area contributed by atoms with E-state index in [1.54, 1.807) is 36.1 Å². The quantitative estimate of drug-likeness (QED) is 0.401. The van der Waals surface area contributed by atoms with E-state index in [1.165, 1.54) is 0 Å². The molecule has 3 aromatic heterocycles. The maximum atomic E-state index is 10.1.